The van der Waals surface area contributed by atoms with Gasteiger partial charge < -0.3 is 15.0 Å². The maximum atomic E-state index is 13.9. The monoisotopic (exact) mass is 652 g/mol. The molecule has 4 heterocycles. The molecule has 0 aliphatic carbocycles. The zero-order chi connectivity index (χ0) is 33.9. The van der Waals surface area contributed by atoms with Crippen LogP contribution in [0.2, 0.25) is 0 Å². The van der Waals surface area contributed by atoms with Gasteiger partial charge in [-0.15, -0.1) is 0 Å². The summed E-state index contributed by atoms with van der Waals surface area (Å²) in [5.41, 5.74) is 0.333. The van der Waals surface area contributed by atoms with Gasteiger partial charge >= 0.3 is 6.04 Å². The third-order valence-electron chi connectivity index (χ3n) is 7.62. The molecule has 0 amide bonds. The lowest BCUT2D eigenvalue weighted by Crippen LogP contribution is -2.11. The van der Waals surface area contributed by atoms with Gasteiger partial charge in [-0.05, 0) is 17.7 Å². The van der Waals surface area contributed by atoms with Crippen LogP contribution >= 0.6 is 0 Å². The molecule has 0 saturated heterocycles. The summed E-state index contributed by atoms with van der Waals surface area (Å²) in [5.74, 6) is -9.70. The minimum atomic E-state index is -1.36. The molecule has 0 bridgehead atoms. The quantitative estimate of drug-likeness (QED) is 0.132. The number of hydrogen-bond acceptors (Lipinski definition) is 6. The van der Waals surface area contributed by atoms with E-state index in [0.717, 1.165) is 36.4 Å². The van der Waals surface area contributed by atoms with Gasteiger partial charge in [0.25, 0.3) is 0 Å². The van der Waals surface area contributed by atoms with Crippen LogP contribution in [0.3, 0.4) is 0 Å². The van der Waals surface area contributed by atoms with Crippen molar-refractivity contribution in [2.24, 2.45) is 0 Å². The molecule has 3 atom stereocenters. The third-order valence-corrected chi connectivity index (χ3v) is 7.62. The summed E-state index contributed by atoms with van der Waals surface area (Å²) in [6, 6.07) is 10.6. The average molecular weight is 653 g/mol. The molecule has 7 rings (SSSR count). The fraction of sp³-hybridized carbons (Fsp3) is 0.0938. The first kappa shape index (κ1) is 30.0. The zero-order valence-electron chi connectivity index (χ0n) is 23.7. The first-order valence-corrected chi connectivity index (χ1v) is 13.8. The number of aromatic amines is 3. The van der Waals surface area contributed by atoms with E-state index in [2.05, 4.69) is 45.8 Å². The predicted octanol–water partition coefficient (Wildman–Crippen LogP) is 6.86. The molecule has 234 valence electrons. The molecule has 3 aromatic carbocycles. The summed E-state index contributed by atoms with van der Waals surface area (Å²) < 4.78 is 83.6. The number of fused-ring (bicyclic) bond motifs is 3. The second kappa shape index (κ2) is 11.3. The highest BCUT2D eigenvalue weighted by Gasteiger charge is 2.31. The fourth-order valence-electron chi connectivity index (χ4n) is 5.36. The summed E-state index contributed by atoms with van der Waals surface area (Å²) in [6.07, 6.45) is 0. The Hall–Kier alpha value is -6.73. The predicted molar refractivity (Wildman–Crippen MR) is 156 cm³/mol. The van der Waals surface area contributed by atoms with Crippen molar-refractivity contribution in [3.05, 3.63) is 129 Å². The first-order valence-electron chi connectivity index (χ1n) is 13.8. The molecular formula is C32H14F6N10. The number of benzene rings is 3. The number of aromatic nitrogens is 7. The van der Waals surface area contributed by atoms with Crippen molar-refractivity contribution < 1.29 is 26.3 Å². The molecular weight excluding hydrogens is 638 g/mol. The molecule has 0 radical (unpaired) electrons. The molecule has 0 spiro atoms. The van der Waals surface area contributed by atoms with Gasteiger partial charge in [-0.3, -0.25) is 4.85 Å². The van der Waals surface area contributed by atoms with E-state index in [9.17, 15) is 36.9 Å². The standard InChI is InChI=1S/C32H14F6N10/c1-41-29(32-47-26-8-19(37)20(38)9-27(26)48-32)28-3-12(13(10-39)30-43-22-4-15(33)16(34)5-23(22)44-30)2-21(42-28)14(11-40)31-45-24-6-17(35)18(36)7-25(24)46-31/h2-9,13-14,29H,(H,43,44)(H,45,46)(H,47,48). The third kappa shape index (κ3) is 5.00. The van der Waals surface area contributed by atoms with Gasteiger partial charge in [-0.2, -0.15) is 10.5 Å². The van der Waals surface area contributed by atoms with Crippen molar-refractivity contribution in [2.75, 3.05) is 0 Å². The summed E-state index contributed by atoms with van der Waals surface area (Å²) in [6.45, 7) is 7.96. The minimum Gasteiger partial charge on any atom is -0.340 e. The van der Waals surface area contributed by atoms with Crippen molar-refractivity contribution >= 4 is 33.1 Å². The van der Waals surface area contributed by atoms with Crippen LogP contribution in [0.1, 0.15) is 52.3 Å². The molecule has 7 aromatic rings. The van der Waals surface area contributed by atoms with Crippen molar-refractivity contribution in [3.63, 3.8) is 0 Å². The molecule has 0 aliphatic rings. The lowest BCUT2D eigenvalue weighted by atomic mass is 9.94. The van der Waals surface area contributed by atoms with Gasteiger partial charge in [0, 0.05) is 36.4 Å². The van der Waals surface area contributed by atoms with Crippen molar-refractivity contribution in [3.8, 4) is 12.1 Å². The Kier molecular flexibility index (Phi) is 7.03. The number of H-pyrrole nitrogens is 3. The van der Waals surface area contributed by atoms with Crippen LogP contribution < -0.4 is 0 Å². The van der Waals surface area contributed by atoms with Crippen LogP contribution in [0.25, 0.3) is 37.9 Å². The van der Waals surface area contributed by atoms with E-state index < -0.39 is 52.8 Å². The Bertz CT molecular complexity index is 2160. The number of imidazole rings is 3. The molecule has 3 N–H and O–H groups in total. The Morgan fingerprint density at radius 2 is 0.938 bits per heavy atom. The molecule has 4 aromatic heterocycles. The first-order chi connectivity index (χ1) is 23.1. The topological polar surface area (TPSA) is 151 Å². The second-order valence-electron chi connectivity index (χ2n) is 10.6. The number of halogens is 6. The van der Waals surface area contributed by atoms with Crippen molar-refractivity contribution in [1.82, 2.24) is 34.9 Å². The maximum absolute atomic E-state index is 13.9. The largest absolute Gasteiger partial charge is 0.340 e. The summed E-state index contributed by atoms with van der Waals surface area (Å²) >= 11 is 0. The van der Waals surface area contributed by atoms with Crippen LogP contribution in [0, 0.1) is 64.1 Å². The van der Waals surface area contributed by atoms with E-state index in [1.165, 1.54) is 12.1 Å². The van der Waals surface area contributed by atoms with E-state index in [1.807, 2.05) is 6.07 Å². The smallest absolute Gasteiger partial charge is 0.321 e. The average Bonchev–Trinajstić information content (AvgIpc) is 3.76. The van der Waals surface area contributed by atoms with E-state index in [0.29, 0.717) is 0 Å². The SMILES string of the molecule is [C-]#[N+]C(c1cc(C(C#N)c2nc3cc(F)c(F)cc3[nH]2)cc(C(C#N)c2nc3cc(F)c(F)cc3[nH]2)n1)c1nc2cc(F)c(F)cc2[nH]1. The Labute approximate surface area is 264 Å². The van der Waals surface area contributed by atoms with Gasteiger partial charge in [0.2, 0.25) is 0 Å². The van der Waals surface area contributed by atoms with Crippen molar-refractivity contribution in [2.45, 2.75) is 17.9 Å². The number of rotatable bonds is 6. The molecule has 10 nitrogen and oxygen atoms in total. The van der Waals surface area contributed by atoms with Crippen LogP contribution in [-0.4, -0.2) is 34.9 Å². The van der Waals surface area contributed by atoms with Crippen LogP contribution in [0.4, 0.5) is 26.3 Å². The van der Waals surface area contributed by atoms with Crippen LogP contribution in [-0.2, 0) is 0 Å². The lowest BCUT2D eigenvalue weighted by molar-refractivity contribution is 0.510. The number of hydrogen-bond donors (Lipinski definition) is 3. The highest BCUT2D eigenvalue weighted by atomic mass is 19.2. The molecule has 16 heteroatoms. The van der Waals surface area contributed by atoms with Crippen LogP contribution in [0.5, 0.6) is 0 Å². The number of nitriles is 2. The van der Waals surface area contributed by atoms with E-state index >= 15 is 0 Å². The molecule has 3 unspecified atom stereocenters. The van der Waals surface area contributed by atoms with Gasteiger partial charge in [0.05, 0.1) is 50.9 Å². The minimum absolute atomic E-state index is 0.0120. The lowest BCUT2D eigenvalue weighted by Gasteiger charge is -2.14. The maximum Gasteiger partial charge on any atom is 0.321 e. The van der Waals surface area contributed by atoms with E-state index in [-0.39, 0.29) is 67.5 Å². The van der Waals surface area contributed by atoms with Gasteiger partial charge in [-0.1, -0.05) is 0 Å². The van der Waals surface area contributed by atoms with E-state index in [1.54, 1.807) is 0 Å². The molecule has 0 aliphatic heterocycles. The van der Waals surface area contributed by atoms with Gasteiger partial charge in [0.1, 0.15) is 29.2 Å². The highest BCUT2D eigenvalue weighted by molar-refractivity contribution is 5.77. The Balaban J connectivity index is 1.41. The van der Waals surface area contributed by atoms with E-state index in [4.69, 9.17) is 6.57 Å². The summed E-state index contributed by atoms with van der Waals surface area (Å²) in [4.78, 5) is 29.2. The summed E-state index contributed by atoms with van der Waals surface area (Å²) in [5, 5.41) is 20.6. The molecule has 48 heavy (non-hydrogen) atoms. The van der Waals surface area contributed by atoms with Gasteiger partial charge in [0.15, 0.2) is 40.7 Å². The van der Waals surface area contributed by atoms with Crippen LogP contribution in [0.15, 0.2) is 48.5 Å². The Morgan fingerprint density at radius 1 is 0.542 bits per heavy atom. The number of nitrogens with zero attached hydrogens (tertiary/aromatic N) is 7. The fourth-order valence-corrected chi connectivity index (χ4v) is 5.36. The summed E-state index contributed by atoms with van der Waals surface area (Å²) in [7, 11) is 0. The normalized spacial score (nSPS) is 13.3. The van der Waals surface area contributed by atoms with Crippen molar-refractivity contribution in [1.29, 1.82) is 10.5 Å². The van der Waals surface area contributed by atoms with Gasteiger partial charge in [-0.25, -0.2) is 52.9 Å². The molecule has 0 fully saturated rings. The highest BCUT2D eigenvalue weighted by Crippen LogP contribution is 2.34. The second-order valence-corrected chi connectivity index (χ2v) is 10.6. The molecule has 0 saturated carbocycles. The number of nitrogens with one attached hydrogen (secondary N) is 3. The Morgan fingerprint density at radius 3 is 1.40 bits per heavy atom. The number of pyridine rings is 1. The zero-order valence-corrected chi connectivity index (χ0v) is 23.7.